The topological polar surface area (TPSA) is 46.2 Å². The Kier molecular flexibility index (Phi) is 4.18. The largest absolute Gasteiger partial charge is 0.320 e. The average molecular weight is 327 g/mol. The van der Waals surface area contributed by atoms with Gasteiger partial charge in [-0.25, -0.2) is 0 Å². The van der Waals surface area contributed by atoms with Crippen LogP contribution in [0.25, 0.3) is 10.4 Å². The Labute approximate surface area is 136 Å². The van der Waals surface area contributed by atoms with Gasteiger partial charge >= 0.3 is 0 Å². The molecule has 0 radical (unpaired) electrons. The highest BCUT2D eigenvalue weighted by atomic mass is 32.1. The minimum atomic E-state index is -0.185. The Balaban J connectivity index is 1.95. The molecule has 3 aromatic rings. The summed E-state index contributed by atoms with van der Waals surface area (Å²) in [6, 6.07) is 15.3. The van der Waals surface area contributed by atoms with Gasteiger partial charge in [-0.3, -0.25) is 9.59 Å². The first-order valence-corrected chi connectivity index (χ1v) is 8.40. The maximum Gasteiger partial charge on any atom is 0.265 e. The van der Waals surface area contributed by atoms with Gasteiger partial charge in [-0.15, -0.1) is 22.7 Å². The Hall–Kier alpha value is -2.24. The zero-order chi connectivity index (χ0) is 15.5. The zero-order valence-electron chi connectivity index (χ0n) is 11.8. The van der Waals surface area contributed by atoms with E-state index in [1.54, 1.807) is 6.07 Å². The van der Waals surface area contributed by atoms with Crippen molar-refractivity contribution < 1.29 is 9.59 Å². The molecule has 1 N–H and O–H groups in total. The molecule has 3 nitrogen and oxygen atoms in total. The van der Waals surface area contributed by atoms with Crippen molar-refractivity contribution in [3.8, 4) is 10.4 Å². The zero-order valence-corrected chi connectivity index (χ0v) is 13.5. The number of benzene rings is 1. The molecule has 0 atom stereocenters. The van der Waals surface area contributed by atoms with Gasteiger partial charge in [0.2, 0.25) is 0 Å². The third-order valence-electron chi connectivity index (χ3n) is 3.10. The van der Waals surface area contributed by atoms with Crippen molar-refractivity contribution in [3.05, 3.63) is 63.7 Å². The van der Waals surface area contributed by atoms with E-state index in [0.717, 1.165) is 10.4 Å². The highest BCUT2D eigenvalue weighted by Crippen LogP contribution is 2.35. The maximum absolute atomic E-state index is 12.2. The molecule has 0 saturated heterocycles. The van der Waals surface area contributed by atoms with Gasteiger partial charge in [-0.1, -0.05) is 36.4 Å². The highest BCUT2D eigenvalue weighted by Gasteiger charge is 2.17. The van der Waals surface area contributed by atoms with Crippen LogP contribution in [-0.4, -0.2) is 11.7 Å². The number of carbonyl (C=O) groups is 2. The van der Waals surface area contributed by atoms with Gasteiger partial charge in [0, 0.05) is 11.8 Å². The number of amides is 1. The summed E-state index contributed by atoms with van der Waals surface area (Å²) < 4.78 is 0. The molecule has 110 valence electrons. The fourth-order valence-corrected chi connectivity index (χ4v) is 3.71. The number of hydrogen-bond donors (Lipinski definition) is 1. The second kappa shape index (κ2) is 6.25. The van der Waals surface area contributed by atoms with Crippen LogP contribution in [0, 0.1) is 0 Å². The van der Waals surface area contributed by atoms with E-state index in [4.69, 9.17) is 0 Å². The number of ketones is 1. The third-order valence-corrected chi connectivity index (χ3v) is 5.26. The summed E-state index contributed by atoms with van der Waals surface area (Å²) in [6.07, 6.45) is 0. The van der Waals surface area contributed by atoms with E-state index in [9.17, 15) is 9.59 Å². The second-order valence-electron chi connectivity index (χ2n) is 4.71. The molecule has 0 saturated carbocycles. The molecule has 2 heterocycles. The molecule has 22 heavy (non-hydrogen) atoms. The van der Waals surface area contributed by atoms with E-state index in [1.807, 2.05) is 47.8 Å². The molecule has 0 aliphatic heterocycles. The molecular formula is C17H13NO2S2. The minimum Gasteiger partial charge on any atom is -0.320 e. The van der Waals surface area contributed by atoms with Crippen LogP contribution in [0.1, 0.15) is 26.3 Å². The summed E-state index contributed by atoms with van der Waals surface area (Å²) in [7, 11) is 0. The number of nitrogens with one attached hydrogen (secondary N) is 1. The van der Waals surface area contributed by atoms with Crippen molar-refractivity contribution in [3.63, 3.8) is 0 Å². The summed E-state index contributed by atoms with van der Waals surface area (Å²) in [5.41, 5.74) is 1.61. The molecule has 1 amide bonds. The monoisotopic (exact) mass is 327 g/mol. The van der Waals surface area contributed by atoms with Gasteiger partial charge in [0.1, 0.15) is 0 Å². The van der Waals surface area contributed by atoms with E-state index in [0.29, 0.717) is 15.4 Å². The van der Waals surface area contributed by atoms with Crippen LogP contribution < -0.4 is 5.32 Å². The van der Waals surface area contributed by atoms with E-state index < -0.39 is 0 Å². The standard InChI is InChI=1S/C17H13NO2S2/c1-11(19)16-13(18-17(20)14-8-5-9-21-14)10-15(22-16)12-6-3-2-4-7-12/h2-10H,1H3,(H,18,20). The normalized spacial score (nSPS) is 10.4. The average Bonchev–Trinajstić information content (AvgIpc) is 3.17. The predicted molar refractivity (Wildman–Crippen MR) is 92.0 cm³/mol. The summed E-state index contributed by atoms with van der Waals surface area (Å²) in [4.78, 5) is 26.2. The Morgan fingerprint density at radius 1 is 1.05 bits per heavy atom. The molecule has 0 unspecified atom stereocenters. The van der Waals surface area contributed by atoms with E-state index in [2.05, 4.69) is 5.32 Å². The number of Topliss-reactive ketones (excluding diaryl/α,β-unsaturated/α-hetero) is 1. The number of thiophene rings is 2. The van der Waals surface area contributed by atoms with Gasteiger partial charge in [0.15, 0.2) is 5.78 Å². The lowest BCUT2D eigenvalue weighted by Crippen LogP contribution is -2.11. The summed E-state index contributed by atoms with van der Waals surface area (Å²) in [5, 5.41) is 4.70. The van der Waals surface area contributed by atoms with Gasteiger partial charge < -0.3 is 5.32 Å². The van der Waals surface area contributed by atoms with Crippen LogP contribution in [0.4, 0.5) is 5.69 Å². The molecule has 0 bridgehead atoms. The van der Waals surface area contributed by atoms with Crippen LogP contribution in [0.3, 0.4) is 0 Å². The van der Waals surface area contributed by atoms with Crippen LogP contribution in [0.5, 0.6) is 0 Å². The minimum absolute atomic E-state index is 0.0475. The lowest BCUT2D eigenvalue weighted by Gasteiger charge is -2.02. The third kappa shape index (κ3) is 3.00. The molecule has 0 aliphatic carbocycles. The smallest absolute Gasteiger partial charge is 0.265 e. The highest BCUT2D eigenvalue weighted by molar-refractivity contribution is 7.18. The lowest BCUT2D eigenvalue weighted by molar-refractivity contribution is 0.102. The molecular weight excluding hydrogens is 314 g/mol. The first-order valence-electron chi connectivity index (χ1n) is 6.70. The van der Waals surface area contributed by atoms with Crippen molar-refractivity contribution >= 4 is 40.1 Å². The lowest BCUT2D eigenvalue weighted by atomic mass is 10.2. The number of rotatable bonds is 4. The van der Waals surface area contributed by atoms with Crippen LogP contribution >= 0.6 is 22.7 Å². The van der Waals surface area contributed by atoms with Crippen LogP contribution in [-0.2, 0) is 0 Å². The summed E-state index contributed by atoms with van der Waals surface area (Å²) in [6.45, 7) is 1.52. The van der Waals surface area contributed by atoms with Gasteiger partial charge in [0.25, 0.3) is 5.91 Å². The Morgan fingerprint density at radius 3 is 2.45 bits per heavy atom. The fourth-order valence-electron chi connectivity index (χ4n) is 2.08. The van der Waals surface area contributed by atoms with E-state index in [1.165, 1.54) is 29.6 Å². The van der Waals surface area contributed by atoms with Crippen molar-refractivity contribution in [1.29, 1.82) is 0 Å². The Bertz CT molecular complexity index is 805. The molecule has 5 heteroatoms. The van der Waals surface area contributed by atoms with Crippen molar-refractivity contribution in [2.45, 2.75) is 6.92 Å². The first-order chi connectivity index (χ1) is 10.6. The van der Waals surface area contributed by atoms with Crippen LogP contribution in [0.15, 0.2) is 53.9 Å². The number of hydrogen-bond acceptors (Lipinski definition) is 4. The van der Waals surface area contributed by atoms with E-state index in [-0.39, 0.29) is 11.7 Å². The molecule has 1 aromatic carbocycles. The first kappa shape index (κ1) is 14.7. The Morgan fingerprint density at radius 2 is 1.82 bits per heavy atom. The number of carbonyl (C=O) groups excluding carboxylic acids is 2. The van der Waals surface area contributed by atoms with Crippen molar-refractivity contribution in [2.75, 3.05) is 5.32 Å². The molecule has 2 aromatic heterocycles. The quantitative estimate of drug-likeness (QED) is 0.691. The van der Waals surface area contributed by atoms with Gasteiger partial charge in [-0.2, -0.15) is 0 Å². The van der Waals surface area contributed by atoms with Crippen LogP contribution in [0.2, 0.25) is 0 Å². The van der Waals surface area contributed by atoms with E-state index >= 15 is 0 Å². The van der Waals surface area contributed by atoms with Crippen molar-refractivity contribution in [1.82, 2.24) is 0 Å². The molecule has 0 fully saturated rings. The summed E-state index contributed by atoms with van der Waals surface area (Å²) >= 11 is 2.77. The van der Waals surface area contributed by atoms with Crippen molar-refractivity contribution in [2.24, 2.45) is 0 Å². The van der Waals surface area contributed by atoms with Gasteiger partial charge in [-0.05, 0) is 23.1 Å². The molecule has 0 spiro atoms. The SMILES string of the molecule is CC(=O)c1sc(-c2ccccc2)cc1NC(=O)c1cccs1. The molecule has 3 rings (SSSR count). The predicted octanol–water partition coefficient (Wildman–Crippen LogP) is 4.93. The maximum atomic E-state index is 12.2. The fraction of sp³-hybridized carbons (Fsp3) is 0.0588. The number of anilines is 1. The molecule has 0 aliphatic rings. The van der Waals surface area contributed by atoms with Gasteiger partial charge in [0.05, 0.1) is 15.4 Å². The summed E-state index contributed by atoms with van der Waals surface area (Å²) in [5.74, 6) is -0.233. The second-order valence-corrected chi connectivity index (χ2v) is 6.71.